The lowest BCUT2D eigenvalue weighted by atomic mass is 9.92. The van der Waals surface area contributed by atoms with Crippen LogP contribution in [0.25, 0.3) is 0 Å². The van der Waals surface area contributed by atoms with Gasteiger partial charge >= 0.3 is 5.97 Å². The molecule has 1 fully saturated rings. The summed E-state index contributed by atoms with van der Waals surface area (Å²) in [4.78, 5) is 11.4. The molecule has 0 bridgehead atoms. The van der Waals surface area contributed by atoms with Crippen molar-refractivity contribution in [3.05, 3.63) is 33.8 Å². The Bertz CT molecular complexity index is 496. The van der Waals surface area contributed by atoms with Crippen LogP contribution in [0.4, 0.5) is 0 Å². The highest BCUT2D eigenvalue weighted by Crippen LogP contribution is 2.46. The zero-order valence-electron chi connectivity index (χ0n) is 12.0. The standard InChI is InChI=1S/C16H21ClO2/c1-9-6-13(15(17)7-10(9)2)11(3)5-12-8-14(12)16(18)19-4/h6-7,11-12,14H,5,8H2,1-4H3. The van der Waals surface area contributed by atoms with Crippen LogP contribution in [-0.4, -0.2) is 13.1 Å². The van der Waals surface area contributed by atoms with E-state index in [2.05, 4.69) is 26.8 Å². The van der Waals surface area contributed by atoms with Crippen molar-refractivity contribution in [1.29, 1.82) is 0 Å². The van der Waals surface area contributed by atoms with Crippen LogP contribution in [-0.2, 0) is 9.53 Å². The number of halogens is 1. The second-order valence-corrected chi connectivity index (χ2v) is 6.13. The molecule has 0 amide bonds. The summed E-state index contributed by atoms with van der Waals surface area (Å²) in [6.07, 6.45) is 1.96. The van der Waals surface area contributed by atoms with Gasteiger partial charge in [0.2, 0.25) is 0 Å². The Morgan fingerprint density at radius 3 is 2.68 bits per heavy atom. The number of hydrogen-bond acceptors (Lipinski definition) is 2. The Morgan fingerprint density at radius 1 is 1.42 bits per heavy atom. The van der Waals surface area contributed by atoms with Crippen molar-refractivity contribution >= 4 is 17.6 Å². The van der Waals surface area contributed by atoms with Crippen molar-refractivity contribution < 1.29 is 9.53 Å². The van der Waals surface area contributed by atoms with Crippen molar-refractivity contribution in [2.75, 3.05) is 7.11 Å². The molecule has 1 aliphatic carbocycles. The van der Waals surface area contributed by atoms with E-state index < -0.39 is 0 Å². The van der Waals surface area contributed by atoms with Gasteiger partial charge in [0, 0.05) is 5.02 Å². The zero-order chi connectivity index (χ0) is 14.2. The Balaban J connectivity index is 2.03. The molecule has 0 aromatic heterocycles. The van der Waals surface area contributed by atoms with E-state index in [9.17, 15) is 4.79 Å². The lowest BCUT2D eigenvalue weighted by Crippen LogP contribution is -2.06. The Labute approximate surface area is 120 Å². The van der Waals surface area contributed by atoms with Gasteiger partial charge < -0.3 is 4.74 Å². The molecule has 3 atom stereocenters. The quantitative estimate of drug-likeness (QED) is 0.770. The van der Waals surface area contributed by atoms with E-state index in [1.165, 1.54) is 23.8 Å². The summed E-state index contributed by atoms with van der Waals surface area (Å²) in [5.74, 6) is 0.882. The first kappa shape index (κ1) is 14.4. The maximum atomic E-state index is 11.4. The molecular weight excluding hydrogens is 260 g/mol. The molecule has 0 aliphatic heterocycles. The van der Waals surface area contributed by atoms with E-state index >= 15 is 0 Å². The van der Waals surface area contributed by atoms with Crippen molar-refractivity contribution in [2.45, 2.75) is 39.5 Å². The molecule has 0 radical (unpaired) electrons. The number of rotatable bonds is 4. The van der Waals surface area contributed by atoms with Gasteiger partial charge in [0.05, 0.1) is 13.0 Å². The number of esters is 1. The molecule has 3 heteroatoms. The van der Waals surface area contributed by atoms with Gasteiger partial charge in [-0.1, -0.05) is 24.6 Å². The summed E-state index contributed by atoms with van der Waals surface area (Å²) in [6, 6.07) is 4.21. The minimum atomic E-state index is -0.0663. The Morgan fingerprint density at radius 2 is 2.05 bits per heavy atom. The number of ether oxygens (including phenoxy) is 1. The monoisotopic (exact) mass is 280 g/mol. The fourth-order valence-electron chi connectivity index (χ4n) is 2.71. The van der Waals surface area contributed by atoms with Crippen LogP contribution < -0.4 is 0 Å². The van der Waals surface area contributed by atoms with Crippen molar-refractivity contribution in [2.24, 2.45) is 11.8 Å². The highest BCUT2D eigenvalue weighted by Gasteiger charge is 2.44. The van der Waals surface area contributed by atoms with Gasteiger partial charge in [-0.2, -0.15) is 0 Å². The van der Waals surface area contributed by atoms with Crippen LogP contribution in [0.15, 0.2) is 12.1 Å². The molecule has 104 valence electrons. The average molecular weight is 281 g/mol. The van der Waals surface area contributed by atoms with Crippen LogP contribution in [0.1, 0.15) is 42.4 Å². The highest BCUT2D eigenvalue weighted by molar-refractivity contribution is 6.31. The molecule has 3 unspecified atom stereocenters. The average Bonchev–Trinajstić information content (AvgIpc) is 3.11. The summed E-state index contributed by atoms with van der Waals surface area (Å²) in [5, 5.41) is 0.839. The molecule has 2 nitrogen and oxygen atoms in total. The molecule has 0 heterocycles. The lowest BCUT2D eigenvalue weighted by molar-refractivity contribution is -0.142. The largest absolute Gasteiger partial charge is 0.469 e. The van der Waals surface area contributed by atoms with E-state index in [1.54, 1.807) is 0 Å². The predicted molar refractivity (Wildman–Crippen MR) is 77.6 cm³/mol. The number of carbonyl (C=O) groups is 1. The number of benzene rings is 1. The van der Waals surface area contributed by atoms with Gasteiger partial charge in [0.1, 0.15) is 0 Å². The summed E-state index contributed by atoms with van der Waals surface area (Å²) in [5.41, 5.74) is 3.69. The second kappa shape index (κ2) is 5.54. The number of methoxy groups -OCH3 is 1. The first-order valence-electron chi connectivity index (χ1n) is 6.78. The van der Waals surface area contributed by atoms with Gasteiger partial charge in [-0.15, -0.1) is 0 Å². The van der Waals surface area contributed by atoms with E-state index in [-0.39, 0.29) is 11.9 Å². The molecule has 19 heavy (non-hydrogen) atoms. The maximum Gasteiger partial charge on any atom is 0.308 e. The van der Waals surface area contributed by atoms with Crippen LogP contribution in [0.5, 0.6) is 0 Å². The van der Waals surface area contributed by atoms with Gasteiger partial charge in [-0.05, 0) is 61.3 Å². The third kappa shape index (κ3) is 3.11. The van der Waals surface area contributed by atoms with Crippen LogP contribution in [0.3, 0.4) is 0 Å². The van der Waals surface area contributed by atoms with E-state index in [0.29, 0.717) is 11.8 Å². The minimum Gasteiger partial charge on any atom is -0.469 e. The van der Waals surface area contributed by atoms with Crippen molar-refractivity contribution in [1.82, 2.24) is 0 Å². The van der Waals surface area contributed by atoms with Gasteiger partial charge in [0.25, 0.3) is 0 Å². The molecule has 0 N–H and O–H groups in total. The summed E-state index contributed by atoms with van der Waals surface area (Å²) >= 11 is 6.33. The highest BCUT2D eigenvalue weighted by atomic mass is 35.5. The summed E-state index contributed by atoms with van der Waals surface area (Å²) < 4.78 is 4.79. The first-order chi connectivity index (χ1) is 8.93. The van der Waals surface area contributed by atoms with Crippen LogP contribution in [0.2, 0.25) is 5.02 Å². The number of aryl methyl sites for hydroxylation is 2. The Kier molecular flexibility index (Phi) is 4.19. The summed E-state index contributed by atoms with van der Waals surface area (Å²) in [7, 11) is 1.46. The molecule has 1 aromatic rings. The smallest absolute Gasteiger partial charge is 0.308 e. The third-order valence-electron chi connectivity index (χ3n) is 4.23. The van der Waals surface area contributed by atoms with Gasteiger partial charge in [0.15, 0.2) is 0 Å². The topological polar surface area (TPSA) is 26.3 Å². The second-order valence-electron chi connectivity index (χ2n) is 5.72. The fourth-order valence-corrected chi connectivity index (χ4v) is 3.11. The third-order valence-corrected chi connectivity index (χ3v) is 4.55. The number of carbonyl (C=O) groups excluding carboxylic acids is 1. The normalized spacial score (nSPS) is 23.0. The molecule has 2 rings (SSSR count). The zero-order valence-corrected chi connectivity index (χ0v) is 12.8. The molecule has 1 aromatic carbocycles. The SMILES string of the molecule is COC(=O)C1CC1CC(C)c1cc(C)c(C)cc1Cl. The van der Waals surface area contributed by atoms with Crippen molar-refractivity contribution in [3.63, 3.8) is 0 Å². The van der Waals surface area contributed by atoms with Crippen LogP contribution >= 0.6 is 11.6 Å². The number of hydrogen-bond donors (Lipinski definition) is 0. The fraction of sp³-hybridized carbons (Fsp3) is 0.562. The van der Waals surface area contributed by atoms with Gasteiger partial charge in [-0.25, -0.2) is 0 Å². The molecule has 1 saturated carbocycles. The maximum absolute atomic E-state index is 11.4. The minimum absolute atomic E-state index is 0.0663. The van der Waals surface area contributed by atoms with E-state index in [0.717, 1.165) is 17.9 Å². The van der Waals surface area contributed by atoms with E-state index in [4.69, 9.17) is 16.3 Å². The first-order valence-corrected chi connectivity index (χ1v) is 7.16. The molecule has 0 saturated heterocycles. The van der Waals surface area contributed by atoms with Gasteiger partial charge in [-0.3, -0.25) is 4.79 Å². The van der Waals surface area contributed by atoms with E-state index in [1.807, 2.05) is 6.07 Å². The molecule has 0 spiro atoms. The van der Waals surface area contributed by atoms with Crippen molar-refractivity contribution in [3.8, 4) is 0 Å². The summed E-state index contributed by atoms with van der Waals surface area (Å²) in [6.45, 7) is 6.36. The van der Waals surface area contributed by atoms with Crippen LogP contribution in [0, 0.1) is 25.7 Å². The molecular formula is C16H21ClO2. The molecule has 1 aliphatic rings. The Hall–Kier alpha value is -1.02. The lowest BCUT2D eigenvalue weighted by Gasteiger charge is -2.15. The predicted octanol–water partition coefficient (Wildman–Crippen LogP) is 4.26.